The van der Waals surface area contributed by atoms with Crippen LogP contribution in [0.2, 0.25) is 0 Å². The summed E-state index contributed by atoms with van der Waals surface area (Å²) in [6.07, 6.45) is 8.35. The van der Waals surface area contributed by atoms with E-state index in [1.807, 2.05) is 4.52 Å². The number of nitrogens with two attached hydrogens (primary N) is 1. The Morgan fingerprint density at radius 1 is 1.30 bits per heavy atom. The molecule has 1 atom stereocenters. The minimum Gasteiger partial charge on any atom is -0.320 e. The molecule has 0 aliphatic heterocycles. The first kappa shape index (κ1) is 13.9. The molecule has 2 heterocycles. The van der Waals surface area contributed by atoms with E-state index in [1.165, 1.54) is 32.1 Å². The molecule has 1 aliphatic carbocycles. The van der Waals surface area contributed by atoms with Gasteiger partial charge in [-0.15, -0.1) is 10.2 Å². The molecule has 2 aromatic heterocycles. The quantitative estimate of drug-likeness (QED) is 0.939. The first-order valence-corrected chi connectivity index (χ1v) is 8.45. The van der Waals surface area contributed by atoms with E-state index >= 15 is 0 Å². The van der Waals surface area contributed by atoms with Crippen molar-refractivity contribution in [1.82, 2.24) is 19.8 Å². The minimum atomic E-state index is -0.357. The number of rotatable bonds is 4. The van der Waals surface area contributed by atoms with Crippen molar-refractivity contribution < 1.29 is 0 Å². The molecule has 1 saturated carbocycles. The van der Waals surface area contributed by atoms with E-state index in [-0.39, 0.29) is 5.54 Å². The van der Waals surface area contributed by atoms with Gasteiger partial charge in [0.2, 0.25) is 4.96 Å². The van der Waals surface area contributed by atoms with Gasteiger partial charge in [0.15, 0.2) is 5.82 Å². The predicted molar refractivity (Wildman–Crippen MR) is 80.9 cm³/mol. The van der Waals surface area contributed by atoms with E-state index in [1.54, 1.807) is 11.3 Å². The summed E-state index contributed by atoms with van der Waals surface area (Å²) in [5, 5.41) is 14.4. The summed E-state index contributed by atoms with van der Waals surface area (Å²) < 4.78 is 1.94. The van der Waals surface area contributed by atoms with E-state index < -0.39 is 0 Å². The summed E-state index contributed by atoms with van der Waals surface area (Å²) in [5.41, 5.74) is 6.03. The highest BCUT2D eigenvalue weighted by Crippen LogP contribution is 2.33. The number of nitrogens with zero attached hydrogens (tertiary/aromatic N) is 4. The van der Waals surface area contributed by atoms with Gasteiger partial charge in [0.05, 0.1) is 5.54 Å². The van der Waals surface area contributed by atoms with Crippen LogP contribution in [0.3, 0.4) is 0 Å². The van der Waals surface area contributed by atoms with Crippen molar-refractivity contribution in [2.75, 3.05) is 0 Å². The SMILES string of the molecule is CCCC(C)(N)c1nn2c(C3CCCCC3)nnc2s1. The summed E-state index contributed by atoms with van der Waals surface area (Å²) in [4.78, 5) is 0.883. The van der Waals surface area contributed by atoms with Gasteiger partial charge in [-0.25, -0.2) is 0 Å². The van der Waals surface area contributed by atoms with Gasteiger partial charge in [-0.1, -0.05) is 43.9 Å². The van der Waals surface area contributed by atoms with Crippen molar-refractivity contribution >= 4 is 16.3 Å². The van der Waals surface area contributed by atoms with Crippen LogP contribution in [0.1, 0.15) is 75.5 Å². The lowest BCUT2D eigenvalue weighted by Gasteiger charge is -2.20. The summed E-state index contributed by atoms with van der Waals surface area (Å²) in [6.45, 7) is 4.21. The Balaban J connectivity index is 1.94. The maximum atomic E-state index is 6.39. The lowest BCUT2D eigenvalue weighted by Crippen LogP contribution is -2.32. The first-order chi connectivity index (χ1) is 9.62. The van der Waals surface area contributed by atoms with Crippen LogP contribution in [0.15, 0.2) is 0 Å². The molecule has 1 aliphatic rings. The fourth-order valence-corrected chi connectivity index (χ4v) is 4.04. The average molecular weight is 293 g/mol. The second-order valence-corrected chi connectivity index (χ2v) is 7.12. The van der Waals surface area contributed by atoms with Gasteiger partial charge in [-0.3, -0.25) is 0 Å². The van der Waals surface area contributed by atoms with Crippen molar-refractivity contribution in [3.05, 3.63) is 10.8 Å². The average Bonchev–Trinajstić information content (AvgIpc) is 2.99. The van der Waals surface area contributed by atoms with Crippen molar-refractivity contribution in [2.24, 2.45) is 5.73 Å². The van der Waals surface area contributed by atoms with E-state index in [9.17, 15) is 0 Å². The van der Waals surface area contributed by atoms with Crippen LogP contribution in [0.5, 0.6) is 0 Å². The molecule has 1 fully saturated rings. The highest BCUT2D eigenvalue weighted by atomic mass is 32.1. The standard InChI is InChI=1S/C14H23N5S/c1-3-9-14(2,15)12-18-19-11(16-17-13(19)20-12)10-7-5-4-6-8-10/h10H,3-9,15H2,1-2H3. The van der Waals surface area contributed by atoms with E-state index in [2.05, 4.69) is 24.0 Å². The van der Waals surface area contributed by atoms with Crippen LogP contribution in [0.25, 0.3) is 4.96 Å². The van der Waals surface area contributed by atoms with Crippen molar-refractivity contribution in [3.8, 4) is 0 Å². The van der Waals surface area contributed by atoms with Gasteiger partial charge in [0, 0.05) is 5.92 Å². The molecule has 1 unspecified atom stereocenters. The summed E-state index contributed by atoms with van der Waals surface area (Å²) in [6, 6.07) is 0. The summed E-state index contributed by atoms with van der Waals surface area (Å²) in [7, 11) is 0. The third kappa shape index (κ3) is 2.46. The van der Waals surface area contributed by atoms with E-state index in [0.717, 1.165) is 28.6 Å². The molecule has 2 aromatic rings. The molecular weight excluding hydrogens is 270 g/mol. The van der Waals surface area contributed by atoms with Crippen molar-refractivity contribution in [2.45, 2.75) is 70.3 Å². The maximum absolute atomic E-state index is 6.39. The molecule has 0 bridgehead atoms. The zero-order valence-corrected chi connectivity index (χ0v) is 13.1. The summed E-state index contributed by atoms with van der Waals surface area (Å²) >= 11 is 1.58. The molecule has 20 heavy (non-hydrogen) atoms. The third-order valence-electron chi connectivity index (χ3n) is 4.24. The van der Waals surface area contributed by atoms with Crippen LogP contribution < -0.4 is 5.73 Å². The number of hydrogen-bond acceptors (Lipinski definition) is 5. The van der Waals surface area contributed by atoms with Gasteiger partial charge in [-0.05, 0) is 26.2 Å². The Morgan fingerprint density at radius 3 is 2.75 bits per heavy atom. The van der Waals surface area contributed by atoms with Crippen LogP contribution in [-0.2, 0) is 5.54 Å². The monoisotopic (exact) mass is 293 g/mol. The van der Waals surface area contributed by atoms with Gasteiger partial charge in [0.25, 0.3) is 0 Å². The number of aromatic nitrogens is 4. The largest absolute Gasteiger partial charge is 0.320 e. The van der Waals surface area contributed by atoms with Gasteiger partial charge < -0.3 is 5.73 Å². The fraction of sp³-hybridized carbons (Fsp3) is 0.786. The zero-order valence-electron chi connectivity index (χ0n) is 12.3. The predicted octanol–water partition coefficient (Wildman–Crippen LogP) is 3.21. The van der Waals surface area contributed by atoms with Crippen LogP contribution in [-0.4, -0.2) is 19.8 Å². The highest BCUT2D eigenvalue weighted by Gasteiger charge is 2.28. The van der Waals surface area contributed by atoms with Gasteiger partial charge >= 0.3 is 0 Å². The van der Waals surface area contributed by atoms with Gasteiger partial charge in [0.1, 0.15) is 5.01 Å². The topological polar surface area (TPSA) is 69.1 Å². The molecule has 0 spiro atoms. The number of hydrogen-bond donors (Lipinski definition) is 1. The van der Waals surface area contributed by atoms with Crippen molar-refractivity contribution in [3.63, 3.8) is 0 Å². The Bertz CT molecular complexity index is 579. The van der Waals surface area contributed by atoms with Crippen LogP contribution in [0.4, 0.5) is 0 Å². The molecule has 3 rings (SSSR count). The molecule has 2 N–H and O–H groups in total. The third-order valence-corrected chi connectivity index (χ3v) is 5.42. The molecule has 0 aromatic carbocycles. The molecular formula is C14H23N5S. The normalized spacial score (nSPS) is 20.4. The van der Waals surface area contributed by atoms with E-state index in [0.29, 0.717) is 5.92 Å². The molecule has 0 radical (unpaired) electrons. The van der Waals surface area contributed by atoms with E-state index in [4.69, 9.17) is 10.8 Å². The Kier molecular flexibility index (Phi) is 3.77. The van der Waals surface area contributed by atoms with Crippen LogP contribution >= 0.6 is 11.3 Å². The molecule has 6 heteroatoms. The summed E-state index contributed by atoms with van der Waals surface area (Å²) in [5.74, 6) is 1.55. The first-order valence-electron chi connectivity index (χ1n) is 7.63. The Morgan fingerprint density at radius 2 is 2.05 bits per heavy atom. The highest BCUT2D eigenvalue weighted by molar-refractivity contribution is 7.16. The van der Waals surface area contributed by atoms with Gasteiger partial charge in [-0.2, -0.15) is 9.61 Å². The van der Waals surface area contributed by atoms with Crippen molar-refractivity contribution in [1.29, 1.82) is 0 Å². The molecule has 0 amide bonds. The number of fused-ring (bicyclic) bond motifs is 1. The fourth-order valence-electron chi connectivity index (χ4n) is 3.10. The second-order valence-electron chi connectivity index (χ2n) is 6.16. The lowest BCUT2D eigenvalue weighted by atomic mass is 9.89. The molecule has 5 nitrogen and oxygen atoms in total. The lowest BCUT2D eigenvalue weighted by molar-refractivity contribution is 0.416. The second kappa shape index (κ2) is 5.41. The smallest absolute Gasteiger partial charge is 0.234 e. The maximum Gasteiger partial charge on any atom is 0.234 e. The molecule has 0 saturated heterocycles. The zero-order chi connectivity index (χ0) is 14.2. The Labute approximate surface area is 123 Å². The van der Waals surface area contributed by atoms with Crippen LogP contribution in [0, 0.1) is 0 Å². The molecule has 110 valence electrons. The Hall–Kier alpha value is -1.01. The minimum absolute atomic E-state index is 0.357.